The van der Waals surface area contributed by atoms with Gasteiger partial charge in [0.05, 0.1) is 5.69 Å². The van der Waals surface area contributed by atoms with Gasteiger partial charge in [0.2, 0.25) is 0 Å². The molecule has 0 spiro atoms. The first-order chi connectivity index (χ1) is 23.3. The molecule has 1 atom stereocenters. The Morgan fingerprint density at radius 2 is 1.32 bits per heavy atom. The van der Waals surface area contributed by atoms with Gasteiger partial charge in [-0.1, -0.05) is 121 Å². The average Bonchev–Trinajstić information content (AvgIpc) is 3.72. The lowest BCUT2D eigenvalue weighted by molar-refractivity contribution is 0.689. The third-order valence-corrected chi connectivity index (χ3v) is 10.2. The van der Waals surface area contributed by atoms with E-state index in [0.717, 1.165) is 42.2 Å². The van der Waals surface area contributed by atoms with Crippen molar-refractivity contribution < 1.29 is 0 Å². The number of rotatable bonds is 4. The second-order valence-corrected chi connectivity index (χ2v) is 12.8. The van der Waals surface area contributed by atoms with E-state index in [0.29, 0.717) is 0 Å². The fourth-order valence-corrected chi connectivity index (χ4v) is 8.27. The van der Waals surface area contributed by atoms with Gasteiger partial charge in [0.25, 0.3) is 0 Å². The summed E-state index contributed by atoms with van der Waals surface area (Å²) in [6.07, 6.45) is 12.9. The highest BCUT2D eigenvalue weighted by molar-refractivity contribution is 6.15. The minimum atomic E-state index is 0.277. The van der Waals surface area contributed by atoms with E-state index in [-0.39, 0.29) is 5.92 Å². The highest BCUT2D eigenvalue weighted by Gasteiger charge is 2.38. The highest BCUT2D eigenvalue weighted by Crippen LogP contribution is 2.59. The highest BCUT2D eigenvalue weighted by atomic mass is 15.1. The third kappa shape index (κ3) is 3.99. The van der Waals surface area contributed by atoms with Crippen molar-refractivity contribution >= 4 is 22.4 Å². The quantitative estimate of drug-likeness (QED) is 0.201. The molecule has 1 unspecified atom stereocenters. The Bertz CT molecular complexity index is 2410. The number of allylic oxidation sites excluding steroid dienone is 2. The van der Waals surface area contributed by atoms with Crippen molar-refractivity contribution in [3.63, 3.8) is 0 Å². The Kier molecular flexibility index (Phi) is 5.83. The summed E-state index contributed by atoms with van der Waals surface area (Å²) >= 11 is 0. The van der Waals surface area contributed by atoms with Gasteiger partial charge in [0, 0.05) is 30.4 Å². The molecule has 3 heteroatoms. The van der Waals surface area contributed by atoms with Crippen molar-refractivity contribution in [2.75, 3.05) is 0 Å². The van der Waals surface area contributed by atoms with E-state index in [2.05, 4.69) is 144 Å². The SMILES string of the molecule is C1=Cc2nc(-c3ccc(C4=CCC5c6c4cccc6-c4c5c(-c5ccccc5)c5ccccc5c4-c4ccccc4)cn3)cn2CC1. The van der Waals surface area contributed by atoms with Crippen LogP contribution in [0.3, 0.4) is 0 Å². The van der Waals surface area contributed by atoms with Crippen LogP contribution in [0.15, 0.2) is 140 Å². The molecule has 7 aromatic rings. The minimum absolute atomic E-state index is 0.277. The molecule has 0 saturated heterocycles. The molecule has 1 aliphatic heterocycles. The number of nitrogens with zero attached hydrogens (tertiary/aromatic N) is 3. The van der Waals surface area contributed by atoms with Gasteiger partial charge in [0.15, 0.2) is 0 Å². The van der Waals surface area contributed by atoms with Crippen LogP contribution in [0.2, 0.25) is 0 Å². The normalized spacial score (nSPS) is 15.7. The molecule has 0 N–H and O–H groups in total. The van der Waals surface area contributed by atoms with Gasteiger partial charge in [-0.3, -0.25) is 4.98 Å². The zero-order valence-electron chi connectivity index (χ0n) is 25.9. The molecule has 3 nitrogen and oxygen atoms in total. The van der Waals surface area contributed by atoms with Crippen molar-refractivity contribution in [3.05, 3.63) is 168 Å². The second-order valence-electron chi connectivity index (χ2n) is 12.8. The predicted octanol–water partition coefficient (Wildman–Crippen LogP) is 10.8. The van der Waals surface area contributed by atoms with Gasteiger partial charge < -0.3 is 4.57 Å². The summed E-state index contributed by atoms with van der Waals surface area (Å²) in [6, 6.07) is 42.2. The van der Waals surface area contributed by atoms with E-state index in [4.69, 9.17) is 9.97 Å². The molecule has 3 aliphatic rings. The van der Waals surface area contributed by atoms with E-state index < -0.39 is 0 Å². The van der Waals surface area contributed by atoms with E-state index in [1.165, 1.54) is 66.4 Å². The van der Waals surface area contributed by atoms with E-state index in [1.807, 2.05) is 6.20 Å². The number of hydrogen-bond acceptors (Lipinski definition) is 2. The lowest BCUT2D eigenvalue weighted by Crippen LogP contribution is -2.07. The predicted molar refractivity (Wildman–Crippen MR) is 193 cm³/mol. The fourth-order valence-electron chi connectivity index (χ4n) is 8.27. The van der Waals surface area contributed by atoms with Crippen LogP contribution in [0.1, 0.15) is 46.8 Å². The molecule has 0 radical (unpaired) electrons. The lowest BCUT2D eigenvalue weighted by Gasteiger charge is -2.25. The molecule has 2 aliphatic carbocycles. The Balaban J connectivity index is 1.17. The topological polar surface area (TPSA) is 30.7 Å². The van der Waals surface area contributed by atoms with Crippen molar-refractivity contribution in [2.45, 2.75) is 25.3 Å². The van der Waals surface area contributed by atoms with Crippen molar-refractivity contribution in [3.8, 4) is 44.8 Å². The molecule has 0 saturated carbocycles. The number of hydrogen-bond donors (Lipinski definition) is 0. The molecule has 5 aromatic carbocycles. The number of aryl methyl sites for hydroxylation is 1. The average molecular weight is 602 g/mol. The van der Waals surface area contributed by atoms with Crippen LogP contribution in [0.4, 0.5) is 0 Å². The molecule has 47 heavy (non-hydrogen) atoms. The molecule has 0 bridgehead atoms. The van der Waals surface area contributed by atoms with Crippen LogP contribution in [0, 0.1) is 0 Å². The van der Waals surface area contributed by atoms with Crippen molar-refractivity contribution in [2.24, 2.45) is 0 Å². The van der Waals surface area contributed by atoms with Gasteiger partial charge in [-0.15, -0.1) is 0 Å². The van der Waals surface area contributed by atoms with Crippen LogP contribution in [0.25, 0.3) is 67.2 Å². The largest absolute Gasteiger partial charge is 0.330 e. The summed E-state index contributed by atoms with van der Waals surface area (Å²) < 4.78 is 2.22. The summed E-state index contributed by atoms with van der Waals surface area (Å²) in [4.78, 5) is 9.78. The van der Waals surface area contributed by atoms with Crippen molar-refractivity contribution in [1.29, 1.82) is 0 Å². The van der Waals surface area contributed by atoms with Gasteiger partial charge in [-0.25, -0.2) is 4.98 Å². The third-order valence-electron chi connectivity index (χ3n) is 10.2. The first kappa shape index (κ1) is 26.4. The van der Waals surface area contributed by atoms with E-state index in [1.54, 1.807) is 0 Å². The number of aromatic nitrogens is 3. The Labute approximate surface area is 274 Å². The molecule has 10 rings (SSSR count). The van der Waals surface area contributed by atoms with Gasteiger partial charge in [-0.2, -0.15) is 0 Å². The van der Waals surface area contributed by atoms with Crippen LogP contribution in [0.5, 0.6) is 0 Å². The summed E-state index contributed by atoms with van der Waals surface area (Å²) in [5.74, 6) is 1.29. The van der Waals surface area contributed by atoms with Crippen LogP contribution in [-0.2, 0) is 6.54 Å². The maximum absolute atomic E-state index is 4.94. The fraction of sp³-hybridized carbons (Fsp3) is 0.0909. The number of pyridine rings is 1. The summed E-state index contributed by atoms with van der Waals surface area (Å²) in [6.45, 7) is 0.972. The Morgan fingerprint density at radius 3 is 2.06 bits per heavy atom. The summed E-state index contributed by atoms with van der Waals surface area (Å²) in [5.41, 5.74) is 16.5. The standard InChI is InChI=1S/C44H31N3/c1-3-12-28(13-4-1)40-33-16-7-8-17-34(33)41(29-14-5-2-6-15-29)44-36-23-22-31(32-18-11-19-35(42(32)36)43(40)44)30-21-24-37(45-26-30)38-27-47-25-10-9-20-39(47)46-38/h1-9,11-22,24,26-27,36H,10,23,25H2. The Hall–Kier alpha value is -5.80. The second kappa shape index (κ2) is 10.4. The minimum Gasteiger partial charge on any atom is -0.330 e. The first-order valence-corrected chi connectivity index (χ1v) is 16.6. The molecule has 0 fully saturated rings. The number of fused-ring (bicyclic) bond motifs is 5. The van der Waals surface area contributed by atoms with Gasteiger partial charge >= 0.3 is 0 Å². The first-order valence-electron chi connectivity index (χ1n) is 16.6. The van der Waals surface area contributed by atoms with Crippen molar-refractivity contribution in [1.82, 2.24) is 14.5 Å². The monoisotopic (exact) mass is 601 g/mol. The lowest BCUT2D eigenvalue weighted by atomic mass is 9.77. The smallest absolute Gasteiger partial charge is 0.133 e. The molecule has 3 heterocycles. The summed E-state index contributed by atoms with van der Waals surface area (Å²) in [7, 11) is 0. The molecule has 222 valence electrons. The number of benzene rings is 5. The van der Waals surface area contributed by atoms with E-state index >= 15 is 0 Å². The zero-order valence-corrected chi connectivity index (χ0v) is 25.9. The van der Waals surface area contributed by atoms with Gasteiger partial charge in [0.1, 0.15) is 11.5 Å². The van der Waals surface area contributed by atoms with Crippen LogP contribution >= 0.6 is 0 Å². The maximum atomic E-state index is 4.94. The molecular formula is C44H31N3. The number of imidazole rings is 1. The summed E-state index contributed by atoms with van der Waals surface area (Å²) in [5, 5.41) is 2.62. The molecule has 2 aromatic heterocycles. The van der Waals surface area contributed by atoms with Crippen LogP contribution in [-0.4, -0.2) is 14.5 Å². The Morgan fingerprint density at radius 1 is 0.596 bits per heavy atom. The van der Waals surface area contributed by atoms with Gasteiger partial charge in [-0.05, 0) is 91.4 Å². The molecule has 0 amide bonds. The van der Waals surface area contributed by atoms with Crippen LogP contribution < -0.4 is 0 Å². The molecular weight excluding hydrogens is 571 g/mol. The maximum Gasteiger partial charge on any atom is 0.133 e. The zero-order chi connectivity index (χ0) is 30.9. The van der Waals surface area contributed by atoms with E-state index in [9.17, 15) is 0 Å².